The SMILES string of the molecule is C=O.CC(C)(C)OO.OSO. The zero-order valence-electron chi connectivity index (χ0n) is 6.77. The van der Waals surface area contributed by atoms with E-state index in [1.165, 1.54) is 0 Å². The molecular weight excluding hydrogens is 172 g/mol. The van der Waals surface area contributed by atoms with Crippen LogP contribution in [0.15, 0.2) is 0 Å². The van der Waals surface area contributed by atoms with Gasteiger partial charge in [-0.05, 0) is 20.8 Å². The summed E-state index contributed by atoms with van der Waals surface area (Å²) in [6.45, 7) is 7.31. The van der Waals surface area contributed by atoms with E-state index in [4.69, 9.17) is 19.2 Å². The average molecular weight is 186 g/mol. The van der Waals surface area contributed by atoms with Crippen LogP contribution in [0.1, 0.15) is 20.8 Å². The molecule has 0 aromatic carbocycles. The lowest BCUT2D eigenvalue weighted by Crippen LogP contribution is -2.15. The fourth-order valence-corrected chi connectivity index (χ4v) is 0. The summed E-state index contributed by atoms with van der Waals surface area (Å²) < 4.78 is 14.1. The van der Waals surface area contributed by atoms with E-state index in [0.717, 1.165) is 0 Å². The predicted octanol–water partition coefficient (Wildman–Crippen LogP) is 1.76. The molecule has 0 unspecified atom stereocenters. The van der Waals surface area contributed by atoms with Crippen LogP contribution in [0.3, 0.4) is 0 Å². The van der Waals surface area contributed by atoms with Crippen molar-refractivity contribution in [2.24, 2.45) is 0 Å². The van der Waals surface area contributed by atoms with E-state index < -0.39 is 5.60 Å². The van der Waals surface area contributed by atoms with Crippen LogP contribution in [0.5, 0.6) is 0 Å². The fraction of sp³-hybridized carbons (Fsp3) is 0.800. The van der Waals surface area contributed by atoms with E-state index in [9.17, 15) is 0 Å². The minimum absolute atomic E-state index is 0.250. The zero-order chi connectivity index (χ0) is 9.91. The first kappa shape index (κ1) is 17.1. The predicted molar refractivity (Wildman–Crippen MR) is 43.4 cm³/mol. The molecule has 0 spiro atoms. The quantitative estimate of drug-likeness (QED) is 0.303. The van der Waals surface area contributed by atoms with Crippen molar-refractivity contribution in [3.05, 3.63) is 0 Å². The molecule has 6 heteroatoms. The van der Waals surface area contributed by atoms with E-state index in [0.29, 0.717) is 0 Å². The van der Waals surface area contributed by atoms with Crippen molar-refractivity contribution < 1.29 is 24.0 Å². The molecule has 0 bridgehead atoms. The van der Waals surface area contributed by atoms with Gasteiger partial charge in [-0.3, -0.25) is 5.26 Å². The van der Waals surface area contributed by atoms with Crippen LogP contribution in [0.4, 0.5) is 0 Å². The Bertz CT molecular complexity index is 62.4. The smallest absolute Gasteiger partial charge is 0.152 e. The molecule has 0 saturated carbocycles. The number of hydrogen-bond acceptors (Lipinski definition) is 6. The number of rotatable bonds is 0. The van der Waals surface area contributed by atoms with E-state index in [2.05, 4.69) is 4.89 Å². The van der Waals surface area contributed by atoms with Gasteiger partial charge in [-0.15, -0.1) is 0 Å². The summed E-state index contributed by atoms with van der Waals surface area (Å²) in [6, 6.07) is 0. The summed E-state index contributed by atoms with van der Waals surface area (Å²) in [5, 5.41) is 7.90. The molecule has 5 nitrogen and oxygen atoms in total. The normalized spacial score (nSPS) is 8.55. The maximum atomic E-state index is 8.00. The van der Waals surface area contributed by atoms with Crippen LogP contribution in [-0.4, -0.2) is 26.8 Å². The third-order valence-corrected chi connectivity index (χ3v) is 0.274. The highest BCUT2D eigenvalue weighted by Gasteiger charge is 2.06. The van der Waals surface area contributed by atoms with Crippen molar-refractivity contribution in [1.82, 2.24) is 0 Å². The molecule has 0 aliphatic rings. The molecule has 0 fully saturated rings. The van der Waals surface area contributed by atoms with Gasteiger partial charge in [-0.25, -0.2) is 4.89 Å². The van der Waals surface area contributed by atoms with Crippen LogP contribution in [0.2, 0.25) is 0 Å². The monoisotopic (exact) mass is 186 g/mol. The molecule has 0 amide bonds. The first-order chi connectivity index (χ1) is 4.97. The summed E-state index contributed by atoms with van der Waals surface area (Å²) in [7, 11) is 0. The summed E-state index contributed by atoms with van der Waals surface area (Å²) in [5.74, 6) is 0. The standard InChI is InChI=1S/C4H10O2.CH2O.H2O2S/c1-4(2,3)6-5;1-2;1-3-2/h5H,1-3H3;1H2;1-2H. The summed E-state index contributed by atoms with van der Waals surface area (Å²) in [6.07, 6.45) is 0. The summed E-state index contributed by atoms with van der Waals surface area (Å²) in [4.78, 5) is 11.9. The Morgan fingerprint density at radius 3 is 1.36 bits per heavy atom. The van der Waals surface area contributed by atoms with Crippen LogP contribution < -0.4 is 0 Å². The van der Waals surface area contributed by atoms with Crippen LogP contribution in [0.25, 0.3) is 0 Å². The van der Waals surface area contributed by atoms with Crippen molar-refractivity contribution in [3.63, 3.8) is 0 Å². The second-order valence-corrected chi connectivity index (χ2v) is 2.45. The molecule has 3 N–H and O–H groups in total. The Morgan fingerprint density at radius 1 is 1.27 bits per heavy atom. The third-order valence-electron chi connectivity index (χ3n) is 0.274. The van der Waals surface area contributed by atoms with Gasteiger partial charge in [0.25, 0.3) is 0 Å². The van der Waals surface area contributed by atoms with Gasteiger partial charge in [-0.1, -0.05) is 0 Å². The Kier molecular flexibility index (Phi) is 19.5. The molecule has 0 aromatic heterocycles. The van der Waals surface area contributed by atoms with Gasteiger partial charge in [0.1, 0.15) is 6.79 Å². The molecule has 0 rings (SSSR count). The lowest BCUT2D eigenvalue weighted by Gasteiger charge is -2.10. The number of carbonyl (C=O) groups excluding carboxylic acids is 1. The van der Waals surface area contributed by atoms with Crippen LogP contribution in [-0.2, 0) is 9.68 Å². The molecule has 0 aromatic rings. The molecule has 11 heavy (non-hydrogen) atoms. The highest BCUT2D eigenvalue weighted by Crippen LogP contribution is 2.01. The molecule has 0 atom stereocenters. The number of hydrogen-bond donors (Lipinski definition) is 3. The van der Waals surface area contributed by atoms with E-state index in [1.807, 2.05) is 6.79 Å². The first-order valence-electron chi connectivity index (χ1n) is 2.54. The van der Waals surface area contributed by atoms with Gasteiger partial charge in [0.2, 0.25) is 0 Å². The minimum atomic E-state index is -0.403. The Morgan fingerprint density at radius 2 is 1.36 bits per heavy atom. The summed E-state index contributed by atoms with van der Waals surface area (Å²) >= 11 is -0.250. The van der Waals surface area contributed by atoms with Crippen molar-refractivity contribution in [2.75, 3.05) is 0 Å². The zero-order valence-corrected chi connectivity index (χ0v) is 7.59. The van der Waals surface area contributed by atoms with Gasteiger partial charge in [0.15, 0.2) is 12.3 Å². The summed E-state index contributed by atoms with van der Waals surface area (Å²) in [5.41, 5.74) is -0.403. The Balaban J connectivity index is -0.000000109. The third kappa shape index (κ3) is 74.5. The topological polar surface area (TPSA) is 87.0 Å². The molecule has 0 aliphatic heterocycles. The lowest BCUT2D eigenvalue weighted by molar-refractivity contribution is -0.306. The molecular formula is C5H14O5S. The molecule has 0 heterocycles. The lowest BCUT2D eigenvalue weighted by atomic mass is 10.2. The van der Waals surface area contributed by atoms with Gasteiger partial charge in [0, 0.05) is 0 Å². The maximum Gasteiger partial charge on any atom is 0.152 e. The van der Waals surface area contributed by atoms with E-state index in [-0.39, 0.29) is 12.3 Å². The second kappa shape index (κ2) is 12.5. The van der Waals surface area contributed by atoms with Crippen molar-refractivity contribution in [2.45, 2.75) is 26.4 Å². The van der Waals surface area contributed by atoms with Gasteiger partial charge in [-0.2, -0.15) is 0 Å². The van der Waals surface area contributed by atoms with Crippen molar-refractivity contribution in [3.8, 4) is 0 Å². The first-order valence-corrected chi connectivity index (χ1v) is 3.27. The molecule has 0 radical (unpaired) electrons. The minimum Gasteiger partial charge on any atom is -0.307 e. The molecule has 70 valence electrons. The van der Waals surface area contributed by atoms with Gasteiger partial charge in [0.05, 0.1) is 5.60 Å². The highest BCUT2D eigenvalue weighted by molar-refractivity contribution is 7.87. The highest BCUT2D eigenvalue weighted by atomic mass is 32.2. The maximum absolute atomic E-state index is 8.00. The van der Waals surface area contributed by atoms with Gasteiger partial charge < -0.3 is 13.9 Å². The largest absolute Gasteiger partial charge is 0.307 e. The Labute approximate surface area is 70.3 Å². The second-order valence-electron chi connectivity index (χ2n) is 2.29. The van der Waals surface area contributed by atoms with Crippen molar-refractivity contribution >= 4 is 19.1 Å². The van der Waals surface area contributed by atoms with Crippen molar-refractivity contribution in [1.29, 1.82) is 0 Å². The Hall–Kier alpha value is -0.140. The fourth-order valence-electron chi connectivity index (χ4n) is 0. The molecule has 0 aliphatic carbocycles. The molecule has 0 saturated heterocycles. The van der Waals surface area contributed by atoms with Crippen LogP contribution in [0, 0.1) is 0 Å². The van der Waals surface area contributed by atoms with Gasteiger partial charge >= 0.3 is 0 Å². The van der Waals surface area contributed by atoms with Crippen LogP contribution >= 0.6 is 12.3 Å². The number of carbonyl (C=O) groups is 1. The average Bonchev–Trinajstić information content (AvgIpc) is 1.93. The van der Waals surface area contributed by atoms with E-state index >= 15 is 0 Å². The van der Waals surface area contributed by atoms with E-state index in [1.54, 1.807) is 20.8 Å².